The van der Waals surface area contributed by atoms with Crippen LogP contribution in [-0.2, 0) is 19.4 Å². The van der Waals surface area contributed by atoms with Crippen molar-refractivity contribution in [1.29, 1.82) is 0 Å². The van der Waals surface area contributed by atoms with Gasteiger partial charge in [0.25, 0.3) is 5.91 Å². The molecule has 144 valence electrons. The van der Waals surface area contributed by atoms with Crippen LogP contribution in [0.15, 0.2) is 36.8 Å². The molecular weight excluding hydrogens is 352 g/mol. The van der Waals surface area contributed by atoms with Crippen LogP contribution in [0.4, 0.5) is 0 Å². The highest BCUT2D eigenvalue weighted by Crippen LogP contribution is 2.29. The molecule has 0 radical (unpaired) electrons. The second-order valence-corrected chi connectivity index (χ2v) is 7.71. The molecule has 0 aromatic carbocycles. The van der Waals surface area contributed by atoms with Crippen LogP contribution in [0.3, 0.4) is 0 Å². The minimum Gasteiger partial charge on any atom is -0.337 e. The van der Waals surface area contributed by atoms with E-state index in [-0.39, 0.29) is 11.8 Å². The Labute approximate surface area is 163 Å². The molecular formula is C21H24N6O. The number of fused-ring (bicyclic) bond motifs is 1. The zero-order chi connectivity index (χ0) is 18.9. The molecule has 1 N–H and O–H groups in total. The predicted molar refractivity (Wildman–Crippen MR) is 104 cm³/mol. The first-order valence-corrected chi connectivity index (χ1v) is 10.1. The number of pyridine rings is 1. The number of hydrogen-bond acceptors (Lipinski definition) is 4. The van der Waals surface area contributed by atoms with E-state index in [4.69, 9.17) is 0 Å². The largest absolute Gasteiger partial charge is 0.337 e. The molecule has 1 aliphatic heterocycles. The van der Waals surface area contributed by atoms with Gasteiger partial charge in [0.15, 0.2) is 5.69 Å². The molecule has 0 spiro atoms. The van der Waals surface area contributed by atoms with Crippen molar-refractivity contribution in [3.8, 4) is 0 Å². The van der Waals surface area contributed by atoms with Crippen LogP contribution < -0.4 is 0 Å². The van der Waals surface area contributed by atoms with Crippen molar-refractivity contribution < 1.29 is 4.79 Å². The van der Waals surface area contributed by atoms with Gasteiger partial charge in [-0.2, -0.15) is 5.10 Å². The molecule has 5 rings (SSSR count). The average Bonchev–Trinajstić information content (AvgIpc) is 3.45. The minimum atomic E-state index is 0.0620. The Morgan fingerprint density at radius 3 is 3.04 bits per heavy atom. The van der Waals surface area contributed by atoms with Gasteiger partial charge >= 0.3 is 0 Å². The summed E-state index contributed by atoms with van der Waals surface area (Å²) in [6.07, 6.45) is 10.8. The number of carbonyl (C=O) groups is 1. The Balaban J connectivity index is 1.34. The van der Waals surface area contributed by atoms with Gasteiger partial charge in [-0.1, -0.05) is 6.07 Å². The third-order valence-electron chi connectivity index (χ3n) is 5.89. The van der Waals surface area contributed by atoms with Gasteiger partial charge in [-0.05, 0) is 44.2 Å². The van der Waals surface area contributed by atoms with Crippen LogP contribution in [-0.4, -0.2) is 48.6 Å². The van der Waals surface area contributed by atoms with E-state index < -0.39 is 0 Å². The van der Waals surface area contributed by atoms with Crippen LogP contribution in [0.5, 0.6) is 0 Å². The molecule has 2 aliphatic rings. The number of aromatic nitrogens is 5. The first kappa shape index (κ1) is 17.2. The number of imidazole rings is 1. The lowest BCUT2D eigenvalue weighted by molar-refractivity contribution is 0.0696. The quantitative estimate of drug-likeness (QED) is 0.759. The maximum Gasteiger partial charge on any atom is 0.274 e. The number of nitrogens with one attached hydrogen (secondary N) is 1. The van der Waals surface area contributed by atoms with E-state index in [0.717, 1.165) is 61.4 Å². The lowest BCUT2D eigenvalue weighted by atomic mass is 9.96. The summed E-state index contributed by atoms with van der Waals surface area (Å²) < 4.78 is 2.16. The molecule has 0 unspecified atom stereocenters. The summed E-state index contributed by atoms with van der Waals surface area (Å²) in [7, 11) is 0. The highest BCUT2D eigenvalue weighted by atomic mass is 16.2. The normalized spacial score (nSPS) is 19.0. The summed E-state index contributed by atoms with van der Waals surface area (Å²) >= 11 is 0. The zero-order valence-corrected chi connectivity index (χ0v) is 15.8. The average molecular weight is 376 g/mol. The fraction of sp³-hybridized carbons (Fsp3) is 0.429. The number of likely N-dealkylation sites (tertiary alicyclic amines) is 1. The predicted octanol–water partition coefficient (Wildman–Crippen LogP) is 2.56. The molecule has 0 saturated carbocycles. The van der Waals surface area contributed by atoms with Gasteiger partial charge in [0, 0.05) is 48.9 Å². The van der Waals surface area contributed by atoms with E-state index in [1.807, 2.05) is 41.7 Å². The van der Waals surface area contributed by atoms with Crippen LogP contribution in [0.1, 0.15) is 58.4 Å². The molecule has 0 bridgehead atoms. The zero-order valence-electron chi connectivity index (χ0n) is 15.8. The molecule has 1 amide bonds. The Hall–Kier alpha value is -2.96. The van der Waals surface area contributed by atoms with Crippen molar-refractivity contribution in [2.24, 2.45) is 0 Å². The smallest absolute Gasteiger partial charge is 0.274 e. The van der Waals surface area contributed by atoms with Crippen LogP contribution in [0.2, 0.25) is 0 Å². The lowest BCUT2D eigenvalue weighted by Gasteiger charge is -2.32. The first-order valence-electron chi connectivity index (χ1n) is 10.1. The molecule has 1 saturated heterocycles. The van der Waals surface area contributed by atoms with Crippen molar-refractivity contribution in [3.63, 3.8) is 0 Å². The van der Waals surface area contributed by atoms with E-state index in [1.54, 1.807) is 0 Å². The summed E-state index contributed by atoms with van der Waals surface area (Å²) in [5, 5.41) is 7.39. The van der Waals surface area contributed by atoms with Gasteiger partial charge < -0.3 is 9.47 Å². The van der Waals surface area contributed by atoms with Crippen LogP contribution >= 0.6 is 0 Å². The SMILES string of the molecule is O=C(c1n[nH]c2c1CCC2)N1CCC[C@H](c2nccn2Cc2ccccn2)C1. The minimum absolute atomic E-state index is 0.0620. The number of hydrogen-bond donors (Lipinski definition) is 1. The second kappa shape index (κ2) is 7.22. The standard InChI is InChI=1S/C21H24N6O/c28-21(19-17-7-3-8-18(17)24-25-19)27-11-4-5-15(13-27)20-23-10-12-26(20)14-16-6-1-2-9-22-16/h1-2,6,9-10,12,15H,3-5,7-8,11,13-14H2,(H,24,25)/t15-/m0/s1. The number of amides is 1. The molecule has 3 aromatic heterocycles. The Bertz CT molecular complexity index is 976. The van der Waals surface area contributed by atoms with Crippen molar-refractivity contribution in [2.75, 3.05) is 13.1 Å². The molecule has 7 nitrogen and oxygen atoms in total. The van der Waals surface area contributed by atoms with Crippen molar-refractivity contribution in [2.45, 2.75) is 44.6 Å². The Morgan fingerprint density at radius 2 is 2.14 bits per heavy atom. The van der Waals surface area contributed by atoms with Gasteiger partial charge in [0.2, 0.25) is 0 Å². The van der Waals surface area contributed by atoms with E-state index in [9.17, 15) is 4.79 Å². The molecule has 1 fully saturated rings. The molecule has 7 heteroatoms. The van der Waals surface area contributed by atoms with Gasteiger partial charge in [-0.15, -0.1) is 0 Å². The number of nitrogens with zero attached hydrogens (tertiary/aromatic N) is 5. The summed E-state index contributed by atoms with van der Waals surface area (Å²) in [5.41, 5.74) is 3.91. The number of carbonyl (C=O) groups excluding carboxylic acids is 1. The molecule has 28 heavy (non-hydrogen) atoms. The van der Waals surface area contributed by atoms with E-state index in [2.05, 4.69) is 24.7 Å². The van der Waals surface area contributed by atoms with Crippen molar-refractivity contribution >= 4 is 5.91 Å². The molecule has 1 aliphatic carbocycles. The van der Waals surface area contributed by atoms with Gasteiger partial charge in [0.1, 0.15) is 5.82 Å². The fourth-order valence-electron chi connectivity index (χ4n) is 4.50. The summed E-state index contributed by atoms with van der Waals surface area (Å²) in [6, 6.07) is 5.95. The Kier molecular flexibility index (Phi) is 4.43. The van der Waals surface area contributed by atoms with E-state index >= 15 is 0 Å². The van der Waals surface area contributed by atoms with Crippen LogP contribution in [0.25, 0.3) is 0 Å². The molecule has 1 atom stereocenters. The second-order valence-electron chi connectivity index (χ2n) is 7.71. The summed E-state index contributed by atoms with van der Waals surface area (Å²) in [6.45, 7) is 2.19. The number of piperidine rings is 1. The highest BCUT2D eigenvalue weighted by molar-refractivity contribution is 5.94. The van der Waals surface area contributed by atoms with Gasteiger partial charge in [-0.25, -0.2) is 4.98 Å². The lowest BCUT2D eigenvalue weighted by Crippen LogP contribution is -2.40. The van der Waals surface area contributed by atoms with E-state index in [1.165, 1.54) is 0 Å². The number of H-pyrrole nitrogens is 1. The Morgan fingerprint density at radius 1 is 1.18 bits per heavy atom. The van der Waals surface area contributed by atoms with Crippen molar-refractivity contribution in [3.05, 3.63) is 65.3 Å². The number of aromatic amines is 1. The highest BCUT2D eigenvalue weighted by Gasteiger charge is 2.31. The van der Waals surface area contributed by atoms with Gasteiger partial charge in [-0.3, -0.25) is 14.9 Å². The van der Waals surface area contributed by atoms with Gasteiger partial charge in [0.05, 0.1) is 12.2 Å². The summed E-state index contributed by atoms with van der Waals surface area (Å²) in [4.78, 5) is 24.1. The monoisotopic (exact) mass is 376 g/mol. The topological polar surface area (TPSA) is 79.7 Å². The number of rotatable bonds is 4. The molecule has 3 aromatic rings. The molecule has 4 heterocycles. The maximum absolute atomic E-state index is 13.1. The third-order valence-corrected chi connectivity index (χ3v) is 5.89. The third kappa shape index (κ3) is 3.10. The van der Waals surface area contributed by atoms with Crippen molar-refractivity contribution in [1.82, 2.24) is 29.6 Å². The summed E-state index contributed by atoms with van der Waals surface area (Å²) in [5.74, 6) is 1.34. The first-order chi connectivity index (χ1) is 13.8. The van der Waals surface area contributed by atoms with E-state index in [0.29, 0.717) is 18.8 Å². The number of aryl methyl sites for hydroxylation is 1. The van der Waals surface area contributed by atoms with Crippen LogP contribution in [0, 0.1) is 0 Å². The fourth-order valence-corrected chi connectivity index (χ4v) is 4.50. The maximum atomic E-state index is 13.1.